The van der Waals surface area contributed by atoms with Gasteiger partial charge in [0, 0.05) is 55.0 Å². The van der Waals surface area contributed by atoms with E-state index in [-0.39, 0.29) is 66.4 Å². The summed E-state index contributed by atoms with van der Waals surface area (Å²) in [5, 5.41) is 5.65. The number of methoxy groups -OCH3 is 2. The van der Waals surface area contributed by atoms with E-state index in [2.05, 4.69) is 63.9 Å². The Morgan fingerprint density at radius 3 is 1.88 bits per heavy atom. The lowest BCUT2D eigenvalue weighted by molar-refractivity contribution is -0.148. The molecule has 0 aromatic heterocycles. The van der Waals surface area contributed by atoms with Gasteiger partial charge in [0.15, 0.2) is 0 Å². The highest BCUT2D eigenvalue weighted by Crippen LogP contribution is 2.54. The minimum absolute atomic E-state index is 0.00968. The normalized spacial score (nSPS) is 24.1. The molecule has 0 spiro atoms. The Kier molecular flexibility index (Phi) is 13.2. The van der Waals surface area contributed by atoms with Crippen molar-refractivity contribution in [1.82, 2.24) is 15.5 Å². The van der Waals surface area contributed by atoms with E-state index < -0.39 is 23.8 Å². The summed E-state index contributed by atoms with van der Waals surface area (Å²) in [6.07, 6.45) is 10.2. The largest absolute Gasteiger partial charge is 0.469 e. The molecule has 60 heavy (non-hydrogen) atoms. The van der Waals surface area contributed by atoms with E-state index in [0.29, 0.717) is 25.3 Å². The Balaban J connectivity index is 0.941. The summed E-state index contributed by atoms with van der Waals surface area (Å²) in [4.78, 5) is 76.0. The van der Waals surface area contributed by atoms with E-state index in [1.165, 1.54) is 14.2 Å². The van der Waals surface area contributed by atoms with Crippen LogP contribution in [-0.4, -0.2) is 85.4 Å². The Bertz CT molecular complexity index is 2100. The Morgan fingerprint density at radius 1 is 0.733 bits per heavy atom. The van der Waals surface area contributed by atoms with Gasteiger partial charge in [0.05, 0.1) is 32.6 Å². The molecular weight excluding hydrogens is 759 g/mol. The lowest BCUT2D eigenvalue weighted by atomic mass is 9.74. The number of allylic oxidation sites excluding steroid dienone is 2. The van der Waals surface area contributed by atoms with Crippen LogP contribution in [0.15, 0.2) is 70.9 Å². The highest BCUT2D eigenvalue weighted by atomic mass is 16.5. The summed E-state index contributed by atoms with van der Waals surface area (Å²) < 4.78 is 9.54. The fourth-order valence-corrected chi connectivity index (χ4v) is 10.1. The van der Waals surface area contributed by atoms with Gasteiger partial charge in [-0.1, -0.05) is 76.2 Å². The Morgan fingerprint density at radius 2 is 1.30 bits per heavy atom. The van der Waals surface area contributed by atoms with Crippen molar-refractivity contribution >= 4 is 52.2 Å². The first-order valence-electron chi connectivity index (χ1n) is 21.6. The zero-order valence-corrected chi connectivity index (χ0v) is 35.7. The van der Waals surface area contributed by atoms with Gasteiger partial charge in [-0.3, -0.25) is 34.0 Å². The van der Waals surface area contributed by atoms with Gasteiger partial charge >= 0.3 is 11.9 Å². The van der Waals surface area contributed by atoms with Gasteiger partial charge in [-0.25, -0.2) is 0 Å². The van der Waals surface area contributed by atoms with Crippen molar-refractivity contribution in [1.29, 1.82) is 0 Å². The van der Waals surface area contributed by atoms with Crippen LogP contribution < -0.4 is 10.6 Å². The number of benzene rings is 2. The van der Waals surface area contributed by atoms with Crippen LogP contribution in [0.2, 0.25) is 0 Å². The second-order valence-electron chi connectivity index (χ2n) is 17.8. The lowest BCUT2D eigenvalue weighted by Crippen LogP contribution is -2.53. The summed E-state index contributed by atoms with van der Waals surface area (Å²) >= 11 is 0. The molecule has 2 aliphatic carbocycles. The van der Waals surface area contributed by atoms with E-state index in [1.807, 2.05) is 45.0 Å². The topological polar surface area (TPSA) is 156 Å². The number of likely N-dealkylation sites (tertiary alicyclic amines) is 1. The fourth-order valence-electron chi connectivity index (χ4n) is 10.1. The number of amides is 3. The summed E-state index contributed by atoms with van der Waals surface area (Å²) in [7, 11) is 2.63. The lowest BCUT2D eigenvalue weighted by Gasteiger charge is -2.32. The molecule has 12 nitrogen and oxygen atoms in total. The van der Waals surface area contributed by atoms with Crippen molar-refractivity contribution in [3.8, 4) is 11.1 Å². The smallest absolute Gasteiger partial charge is 0.325 e. The maximum absolute atomic E-state index is 13.9. The molecule has 3 fully saturated rings. The van der Waals surface area contributed by atoms with E-state index in [9.17, 15) is 24.0 Å². The number of aliphatic imine (C=N–C) groups is 2. The van der Waals surface area contributed by atoms with Crippen LogP contribution in [0.4, 0.5) is 0 Å². The molecule has 2 saturated carbocycles. The number of hydrogen-bond acceptors (Lipinski definition) is 9. The second kappa shape index (κ2) is 18.5. The molecule has 7 rings (SSSR count). The molecule has 3 aliphatic heterocycles. The maximum Gasteiger partial charge on any atom is 0.325 e. The van der Waals surface area contributed by atoms with Crippen molar-refractivity contribution in [2.75, 3.05) is 27.3 Å². The number of carbonyl (C=O) groups is 5. The molecule has 0 unspecified atom stereocenters. The van der Waals surface area contributed by atoms with Crippen LogP contribution in [0, 0.1) is 41.4 Å². The van der Waals surface area contributed by atoms with Gasteiger partial charge in [-0.15, -0.1) is 0 Å². The van der Waals surface area contributed by atoms with Crippen LogP contribution in [0.1, 0.15) is 90.2 Å². The van der Waals surface area contributed by atoms with Crippen LogP contribution in [0.5, 0.6) is 0 Å². The minimum Gasteiger partial charge on any atom is -0.469 e. The molecule has 5 aliphatic rings. The van der Waals surface area contributed by atoms with Crippen LogP contribution in [0.3, 0.4) is 0 Å². The SMILES string of the molecule is COC(=O)CNC(=O)[C@H](NC(=O)[C@@H]1[C@@H]2CC[C@@H](C2)[C@H]1C1=NC=C(c2ccc(-c3ccc(C4=CN=C([C@@H]5CCCN5C(=O)[C@@H](CC(=O)OC)C(C)C)C4)cc3)cc2)C1)C(C)C. The number of hydrogen-bond donors (Lipinski definition) is 2. The number of nitrogens with one attached hydrogen (secondary N) is 2. The Hall–Kier alpha value is -5.39. The summed E-state index contributed by atoms with van der Waals surface area (Å²) in [5.74, 6) is -1.48. The van der Waals surface area contributed by atoms with Crippen LogP contribution in [-0.2, 0) is 33.4 Å². The number of fused-ring (bicyclic) bond motifs is 2. The predicted octanol–water partition coefficient (Wildman–Crippen LogP) is 6.64. The fraction of sp³-hybridized carbons (Fsp3) is 0.521. The van der Waals surface area contributed by atoms with Gasteiger partial charge in [0.1, 0.15) is 12.6 Å². The number of ether oxygens (including phenoxy) is 2. The molecule has 318 valence electrons. The Labute approximate surface area is 353 Å². The summed E-state index contributed by atoms with van der Waals surface area (Å²) in [6, 6.07) is 16.3. The third-order valence-corrected chi connectivity index (χ3v) is 13.5. The molecule has 3 amide bonds. The zero-order chi connectivity index (χ0) is 42.7. The van der Waals surface area contributed by atoms with E-state index in [0.717, 1.165) is 76.9 Å². The molecule has 2 N–H and O–H groups in total. The average molecular weight is 818 g/mol. The van der Waals surface area contributed by atoms with E-state index in [4.69, 9.17) is 14.7 Å². The molecule has 7 atom stereocenters. The van der Waals surface area contributed by atoms with Gasteiger partial charge < -0.3 is 25.0 Å². The number of carbonyl (C=O) groups excluding carboxylic acids is 5. The number of rotatable bonds is 15. The van der Waals surface area contributed by atoms with Gasteiger partial charge in [0.25, 0.3) is 0 Å². The van der Waals surface area contributed by atoms with Crippen LogP contribution >= 0.6 is 0 Å². The third kappa shape index (κ3) is 9.02. The molecular formula is C48H59N5O7. The first-order chi connectivity index (χ1) is 28.9. The van der Waals surface area contributed by atoms with E-state index >= 15 is 0 Å². The minimum atomic E-state index is -0.756. The van der Waals surface area contributed by atoms with Crippen molar-refractivity contribution in [3.63, 3.8) is 0 Å². The molecule has 1 saturated heterocycles. The van der Waals surface area contributed by atoms with Crippen molar-refractivity contribution in [3.05, 3.63) is 72.1 Å². The second-order valence-corrected chi connectivity index (χ2v) is 17.8. The van der Waals surface area contributed by atoms with E-state index in [1.54, 1.807) is 0 Å². The zero-order valence-electron chi connectivity index (χ0n) is 35.7. The van der Waals surface area contributed by atoms with Crippen molar-refractivity contribution in [2.45, 2.75) is 91.1 Å². The first kappa shape index (κ1) is 42.7. The standard InChI is InChI=1S/C48H59N5O7/c1-27(2)37(23-41(54)59-5)48(58)53-19-7-8-40(53)38-21-35(24-49-38)31-13-9-29(10-14-31)30-11-15-32(16-12-30)36-22-39(50-25-36)43-33-17-18-34(20-33)44(43)46(56)52-45(28(3)4)47(57)51-26-42(55)60-6/h9-16,24-25,27-28,33-34,37,40,43-45H,7-8,17-23,26H2,1-6H3,(H,51,57)(H,52,56)/t33-,34+,37-,40-,43-,44+,45+/m0/s1. The van der Waals surface area contributed by atoms with Gasteiger partial charge in [-0.05, 0) is 89.2 Å². The van der Waals surface area contributed by atoms with Gasteiger partial charge in [0.2, 0.25) is 17.7 Å². The number of nitrogens with zero attached hydrogens (tertiary/aromatic N) is 3. The molecule has 2 aromatic carbocycles. The predicted molar refractivity (Wildman–Crippen MR) is 231 cm³/mol. The highest BCUT2D eigenvalue weighted by molar-refractivity contribution is 6.04. The van der Waals surface area contributed by atoms with Crippen LogP contribution in [0.25, 0.3) is 22.3 Å². The molecule has 12 heteroatoms. The average Bonchev–Trinajstić information content (AvgIpc) is 4.12. The summed E-state index contributed by atoms with van der Waals surface area (Å²) in [6.45, 7) is 8.15. The number of esters is 2. The maximum atomic E-state index is 13.9. The molecule has 0 radical (unpaired) electrons. The third-order valence-electron chi connectivity index (χ3n) is 13.5. The summed E-state index contributed by atoms with van der Waals surface area (Å²) in [5.41, 5.74) is 8.72. The van der Waals surface area contributed by atoms with Crippen molar-refractivity contribution in [2.24, 2.45) is 51.4 Å². The molecule has 2 bridgehead atoms. The molecule has 2 aromatic rings. The highest BCUT2D eigenvalue weighted by Gasteiger charge is 2.53. The molecule has 3 heterocycles. The monoisotopic (exact) mass is 817 g/mol. The van der Waals surface area contributed by atoms with Crippen molar-refractivity contribution < 1.29 is 33.4 Å². The first-order valence-corrected chi connectivity index (χ1v) is 21.6. The quantitative estimate of drug-likeness (QED) is 0.191. The van der Waals surface area contributed by atoms with Gasteiger partial charge in [-0.2, -0.15) is 0 Å².